The van der Waals surface area contributed by atoms with E-state index in [2.05, 4.69) is 14.8 Å². The average Bonchev–Trinajstić information content (AvgIpc) is 2.97. The first-order chi connectivity index (χ1) is 16.5. The lowest BCUT2D eigenvalue weighted by Gasteiger charge is -2.20. The van der Waals surface area contributed by atoms with Crippen LogP contribution in [0.4, 0.5) is 20.2 Å². The van der Waals surface area contributed by atoms with E-state index in [4.69, 9.17) is 4.74 Å². The van der Waals surface area contributed by atoms with E-state index in [1.165, 1.54) is 36.4 Å². The van der Waals surface area contributed by atoms with Gasteiger partial charge in [-0.05, 0) is 44.0 Å². The molecule has 1 saturated carbocycles. The minimum Gasteiger partial charge on any atom is -0.492 e. The molecule has 0 bridgehead atoms. The molecule has 0 unspecified atom stereocenters. The molecule has 8 nitrogen and oxygen atoms in total. The van der Waals surface area contributed by atoms with Gasteiger partial charge in [-0.15, -0.1) is 0 Å². The molecule has 3 N–H and O–H groups in total. The second-order valence-electron chi connectivity index (χ2n) is 8.44. The zero-order chi connectivity index (χ0) is 25.6. The smallest absolute Gasteiger partial charge is 0.394 e. The van der Waals surface area contributed by atoms with Crippen molar-refractivity contribution in [1.82, 2.24) is 0 Å². The van der Waals surface area contributed by atoms with Crippen LogP contribution in [0, 0.1) is 5.92 Å². The number of aliphatic hydroxyl groups excluding tert-OH is 1. The lowest BCUT2D eigenvalue weighted by molar-refractivity contribution is -0.158. The molecule has 1 aliphatic carbocycles. The quantitative estimate of drug-likeness (QED) is 0.418. The molecule has 2 aromatic rings. The van der Waals surface area contributed by atoms with Crippen molar-refractivity contribution >= 4 is 27.3 Å². The minimum atomic E-state index is -4.18. The van der Waals surface area contributed by atoms with Crippen molar-refractivity contribution in [1.29, 1.82) is 0 Å². The van der Waals surface area contributed by atoms with Gasteiger partial charge in [0, 0.05) is 24.7 Å². The van der Waals surface area contributed by atoms with Gasteiger partial charge in [-0.25, -0.2) is 8.42 Å². The van der Waals surface area contributed by atoms with Crippen LogP contribution in [0.2, 0.25) is 0 Å². The average molecular weight is 513 g/mol. The van der Waals surface area contributed by atoms with E-state index in [-0.39, 0.29) is 34.6 Å². The van der Waals surface area contributed by atoms with Crippen molar-refractivity contribution in [2.75, 3.05) is 16.6 Å². The van der Waals surface area contributed by atoms with Crippen molar-refractivity contribution < 1.29 is 36.6 Å². The van der Waals surface area contributed by atoms with E-state index in [1.54, 1.807) is 6.92 Å². The molecule has 0 aromatic heterocycles. The molecule has 1 aliphatic rings. The van der Waals surface area contributed by atoms with E-state index in [1.807, 2.05) is 0 Å². The standard InChI is InChI=1S/C24H30F2N2O6S/c1-3-33-21-15-16(27-23(30)19-10-5-4-6-11-20(19)29)12-13-22(21)35(31,32)28-17-8-7-9-18(14-17)34-24(2,25)26/h7-9,12-15,19-20,28-29H,3-6,10-11H2,1-2H3,(H,27,30)/t19-,20+/m1/s1. The third-order valence-corrected chi connectivity index (χ3v) is 6.92. The van der Waals surface area contributed by atoms with E-state index in [9.17, 15) is 27.1 Å². The monoisotopic (exact) mass is 512 g/mol. The zero-order valence-corrected chi connectivity index (χ0v) is 20.4. The topological polar surface area (TPSA) is 114 Å². The first kappa shape index (κ1) is 26.7. The third kappa shape index (κ3) is 7.53. The number of aliphatic hydroxyl groups is 1. The summed E-state index contributed by atoms with van der Waals surface area (Å²) in [7, 11) is -4.18. The second-order valence-corrected chi connectivity index (χ2v) is 10.1. The highest BCUT2D eigenvalue weighted by Crippen LogP contribution is 2.32. The Hall–Kier alpha value is -2.92. The molecule has 35 heavy (non-hydrogen) atoms. The maximum Gasteiger partial charge on any atom is 0.394 e. The molecule has 3 rings (SSSR count). The van der Waals surface area contributed by atoms with E-state index < -0.39 is 28.2 Å². The SMILES string of the molecule is CCOc1cc(NC(=O)[C@@H]2CCCCC[C@@H]2O)ccc1S(=O)(=O)Nc1cccc(OC(C)(F)F)c1. The Morgan fingerprint density at radius 1 is 1.11 bits per heavy atom. The summed E-state index contributed by atoms with van der Waals surface area (Å²) in [6.45, 7) is 2.42. The summed E-state index contributed by atoms with van der Waals surface area (Å²) in [5, 5.41) is 13.0. The molecule has 1 fully saturated rings. The van der Waals surface area contributed by atoms with Crippen LogP contribution in [0.15, 0.2) is 47.4 Å². The van der Waals surface area contributed by atoms with Gasteiger partial charge in [0.05, 0.1) is 24.3 Å². The summed E-state index contributed by atoms with van der Waals surface area (Å²) < 4.78 is 64.7. The van der Waals surface area contributed by atoms with Crippen LogP contribution >= 0.6 is 0 Å². The molecule has 0 heterocycles. The van der Waals surface area contributed by atoms with Crippen LogP contribution in [0.25, 0.3) is 0 Å². The van der Waals surface area contributed by atoms with Gasteiger partial charge in [-0.3, -0.25) is 9.52 Å². The highest BCUT2D eigenvalue weighted by molar-refractivity contribution is 7.92. The molecule has 0 radical (unpaired) electrons. The van der Waals surface area contributed by atoms with Crippen molar-refractivity contribution in [2.24, 2.45) is 5.92 Å². The Bertz CT molecular complexity index is 1140. The Morgan fingerprint density at radius 3 is 2.57 bits per heavy atom. The molecule has 0 spiro atoms. The number of anilines is 2. The van der Waals surface area contributed by atoms with Crippen molar-refractivity contribution in [3.63, 3.8) is 0 Å². The van der Waals surface area contributed by atoms with Gasteiger partial charge >= 0.3 is 6.11 Å². The Kier molecular flexibility index (Phi) is 8.55. The zero-order valence-electron chi connectivity index (χ0n) is 19.6. The van der Waals surface area contributed by atoms with Gasteiger partial charge in [0.25, 0.3) is 10.0 Å². The van der Waals surface area contributed by atoms with Crippen LogP contribution in [0.3, 0.4) is 0 Å². The lowest BCUT2D eigenvalue weighted by atomic mass is 9.96. The molecule has 2 atom stereocenters. The third-order valence-electron chi connectivity index (χ3n) is 5.50. The molecular weight excluding hydrogens is 482 g/mol. The summed E-state index contributed by atoms with van der Waals surface area (Å²) in [5.41, 5.74) is 0.350. The number of hydrogen-bond donors (Lipinski definition) is 3. The lowest BCUT2D eigenvalue weighted by Crippen LogP contribution is -2.32. The van der Waals surface area contributed by atoms with E-state index in [0.717, 1.165) is 25.3 Å². The number of rotatable bonds is 9. The Labute approximate surface area is 203 Å². The van der Waals surface area contributed by atoms with Crippen molar-refractivity contribution in [3.8, 4) is 11.5 Å². The molecular formula is C24H30F2N2O6S. The van der Waals surface area contributed by atoms with Crippen LogP contribution in [0.1, 0.15) is 46.0 Å². The molecule has 2 aromatic carbocycles. The Balaban J connectivity index is 1.81. The number of nitrogens with one attached hydrogen (secondary N) is 2. The first-order valence-corrected chi connectivity index (χ1v) is 12.9. The normalized spacial score (nSPS) is 18.9. The van der Waals surface area contributed by atoms with Crippen molar-refractivity contribution in [3.05, 3.63) is 42.5 Å². The molecule has 192 valence electrons. The van der Waals surface area contributed by atoms with Crippen LogP contribution in [0.5, 0.6) is 11.5 Å². The minimum absolute atomic E-state index is 0.00621. The number of alkyl halides is 2. The number of benzene rings is 2. The molecule has 0 saturated heterocycles. The van der Waals surface area contributed by atoms with E-state index in [0.29, 0.717) is 25.5 Å². The largest absolute Gasteiger partial charge is 0.492 e. The number of sulfonamides is 1. The fourth-order valence-corrected chi connectivity index (χ4v) is 5.12. The number of ether oxygens (including phenoxy) is 2. The van der Waals surface area contributed by atoms with Gasteiger partial charge in [0.15, 0.2) is 0 Å². The summed E-state index contributed by atoms with van der Waals surface area (Å²) in [6.07, 6.45) is -0.321. The second kappa shape index (κ2) is 11.2. The van der Waals surface area contributed by atoms with Gasteiger partial charge in [0.1, 0.15) is 16.4 Å². The molecule has 0 aliphatic heterocycles. The van der Waals surface area contributed by atoms with Crippen molar-refractivity contribution in [2.45, 2.75) is 63.1 Å². The van der Waals surface area contributed by atoms with Crippen LogP contribution < -0.4 is 19.5 Å². The number of amides is 1. The van der Waals surface area contributed by atoms with Gasteiger partial charge in [-0.2, -0.15) is 8.78 Å². The summed E-state index contributed by atoms with van der Waals surface area (Å²) in [4.78, 5) is 12.6. The number of carbonyl (C=O) groups is 1. The summed E-state index contributed by atoms with van der Waals surface area (Å²) in [5.74, 6) is -1.07. The first-order valence-electron chi connectivity index (χ1n) is 11.4. The van der Waals surface area contributed by atoms with Gasteiger partial charge < -0.3 is 19.9 Å². The predicted octanol–water partition coefficient (Wildman–Crippen LogP) is 4.76. The fourth-order valence-electron chi connectivity index (χ4n) is 3.95. The fraction of sp³-hybridized carbons (Fsp3) is 0.458. The highest BCUT2D eigenvalue weighted by atomic mass is 32.2. The number of carbonyl (C=O) groups excluding carboxylic acids is 1. The number of hydrogen-bond acceptors (Lipinski definition) is 6. The maximum absolute atomic E-state index is 13.1. The highest BCUT2D eigenvalue weighted by Gasteiger charge is 2.29. The van der Waals surface area contributed by atoms with Gasteiger partial charge in [0.2, 0.25) is 5.91 Å². The summed E-state index contributed by atoms with van der Waals surface area (Å²) in [6, 6.07) is 9.30. The number of halogens is 2. The molecule has 1 amide bonds. The summed E-state index contributed by atoms with van der Waals surface area (Å²) >= 11 is 0. The Morgan fingerprint density at radius 2 is 1.86 bits per heavy atom. The predicted molar refractivity (Wildman–Crippen MR) is 127 cm³/mol. The molecule has 11 heteroatoms. The van der Waals surface area contributed by atoms with E-state index >= 15 is 0 Å². The van der Waals surface area contributed by atoms with Gasteiger partial charge in [-0.1, -0.05) is 25.3 Å². The van der Waals surface area contributed by atoms with Crippen LogP contribution in [-0.2, 0) is 14.8 Å². The van der Waals surface area contributed by atoms with Crippen LogP contribution in [-0.4, -0.2) is 38.3 Å². The maximum atomic E-state index is 13.1.